The van der Waals surface area contributed by atoms with Gasteiger partial charge in [-0.1, -0.05) is 19.3 Å². The van der Waals surface area contributed by atoms with Gasteiger partial charge in [-0.05, 0) is 26.0 Å². The molecule has 0 heterocycles. The van der Waals surface area contributed by atoms with Crippen LogP contribution in [0.3, 0.4) is 0 Å². The van der Waals surface area contributed by atoms with Crippen LogP contribution < -0.4 is 16.0 Å². The minimum atomic E-state index is 0.0268. The fourth-order valence-electron chi connectivity index (χ4n) is 2.28. The summed E-state index contributed by atoms with van der Waals surface area (Å²) in [4.78, 5) is 16.2. The monoisotopic (exact) mass is 300 g/mol. The summed E-state index contributed by atoms with van der Waals surface area (Å²) in [5, 5.41) is 9.45. The molecule has 6 heteroatoms. The minimum Gasteiger partial charge on any atom is -0.357 e. The molecule has 116 valence electrons. The maximum Gasteiger partial charge on any atom is 0.242 e. The van der Waals surface area contributed by atoms with Crippen LogP contribution in [0.4, 0.5) is 0 Å². The predicted molar refractivity (Wildman–Crippen MR) is 87.4 cm³/mol. The van der Waals surface area contributed by atoms with Gasteiger partial charge >= 0.3 is 0 Å². The smallest absolute Gasteiger partial charge is 0.242 e. The molecule has 1 saturated carbocycles. The summed E-state index contributed by atoms with van der Waals surface area (Å²) in [6, 6.07) is 0.360. The van der Waals surface area contributed by atoms with Crippen LogP contribution in [0.15, 0.2) is 4.99 Å². The second kappa shape index (κ2) is 10.8. The highest BCUT2D eigenvalue weighted by atomic mass is 32.2. The van der Waals surface area contributed by atoms with Crippen LogP contribution in [0.1, 0.15) is 39.0 Å². The summed E-state index contributed by atoms with van der Waals surface area (Å²) in [7, 11) is 0. The maximum atomic E-state index is 11.9. The van der Waals surface area contributed by atoms with Gasteiger partial charge in [-0.15, -0.1) is 0 Å². The zero-order chi connectivity index (χ0) is 14.6. The third kappa shape index (κ3) is 7.62. The lowest BCUT2D eigenvalue weighted by atomic mass is 9.95. The number of amides is 1. The summed E-state index contributed by atoms with van der Waals surface area (Å²) >= 11 is 1.78. The number of hydrogen-bond acceptors (Lipinski definition) is 3. The van der Waals surface area contributed by atoms with E-state index in [1.807, 2.05) is 6.92 Å². The fraction of sp³-hybridized carbons (Fsp3) is 0.857. The summed E-state index contributed by atoms with van der Waals surface area (Å²) in [6.07, 6.45) is 8.06. The van der Waals surface area contributed by atoms with Crippen molar-refractivity contribution in [2.24, 2.45) is 4.99 Å². The lowest BCUT2D eigenvalue weighted by molar-refractivity contribution is -0.120. The van der Waals surface area contributed by atoms with E-state index in [9.17, 15) is 4.79 Å². The molecule has 20 heavy (non-hydrogen) atoms. The number of rotatable bonds is 7. The molecule has 1 amide bonds. The molecule has 0 radical (unpaired) electrons. The van der Waals surface area contributed by atoms with Gasteiger partial charge in [0.25, 0.3) is 0 Å². The minimum absolute atomic E-state index is 0.0268. The molecule has 0 aromatic carbocycles. The highest BCUT2D eigenvalue weighted by Crippen LogP contribution is 2.17. The van der Waals surface area contributed by atoms with Crippen molar-refractivity contribution < 1.29 is 4.79 Å². The van der Waals surface area contributed by atoms with Crippen molar-refractivity contribution in [3.05, 3.63) is 0 Å². The predicted octanol–water partition coefficient (Wildman–Crippen LogP) is 1.35. The van der Waals surface area contributed by atoms with E-state index in [1.54, 1.807) is 11.8 Å². The second-order valence-electron chi connectivity index (χ2n) is 5.02. The van der Waals surface area contributed by atoms with Crippen LogP contribution in [0, 0.1) is 0 Å². The number of thioether (sulfide) groups is 1. The molecule has 0 aliphatic heterocycles. The van der Waals surface area contributed by atoms with E-state index >= 15 is 0 Å². The molecule has 0 bridgehead atoms. The lowest BCUT2D eigenvalue weighted by Crippen LogP contribution is -2.41. The molecule has 5 nitrogen and oxygen atoms in total. The summed E-state index contributed by atoms with van der Waals surface area (Å²) < 4.78 is 0. The average molecular weight is 300 g/mol. The molecule has 1 rings (SSSR count). The van der Waals surface area contributed by atoms with E-state index in [0.717, 1.165) is 37.6 Å². The van der Waals surface area contributed by atoms with Gasteiger partial charge in [0.05, 0.1) is 0 Å². The average Bonchev–Trinajstić information content (AvgIpc) is 2.46. The first-order chi connectivity index (χ1) is 9.76. The SMILES string of the molecule is CCNC(=NCC(=O)NC1CCCCC1)NCCSC. The quantitative estimate of drug-likeness (QED) is 0.377. The van der Waals surface area contributed by atoms with Crippen molar-refractivity contribution in [1.29, 1.82) is 0 Å². The number of aliphatic imine (C=N–C) groups is 1. The Morgan fingerprint density at radius 1 is 1.25 bits per heavy atom. The van der Waals surface area contributed by atoms with Crippen LogP contribution in [-0.4, -0.2) is 49.6 Å². The van der Waals surface area contributed by atoms with Crippen molar-refractivity contribution in [2.45, 2.75) is 45.1 Å². The third-order valence-corrected chi connectivity index (χ3v) is 3.91. The normalized spacial score (nSPS) is 16.8. The Balaban J connectivity index is 2.30. The number of carbonyl (C=O) groups is 1. The van der Waals surface area contributed by atoms with Crippen molar-refractivity contribution in [2.75, 3.05) is 31.6 Å². The summed E-state index contributed by atoms with van der Waals surface area (Å²) in [5.41, 5.74) is 0. The first kappa shape index (κ1) is 17.1. The van der Waals surface area contributed by atoms with Gasteiger partial charge in [-0.3, -0.25) is 4.79 Å². The topological polar surface area (TPSA) is 65.5 Å². The standard InChI is InChI=1S/C14H28N4OS/c1-3-15-14(16-9-10-20-2)17-11-13(19)18-12-7-5-4-6-8-12/h12H,3-11H2,1-2H3,(H,18,19)(H2,15,16,17). The molecule has 1 aliphatic carbocycles. The van der Waals surface area contributed by atoms with Crippen molar-refractivity contribution in [1.82, 2.24) is 16.0 Å². The number of guanidine groups is 1. The molecular formula is C14H28N4OS. The van der Waals surface area contributed by atoms with E-state index in [-0.39, 0.29) is 12.5 Å². The first-order valence-electron chi connectivity index (χ1n) is 7.56. The van der Waals surface area contributed by atoms with E-state index < -0.39 is 0 Å². The zero-order valence-corrected chi connectivity index (χ0v) is 13.5. The van der Waals surface area contributed by atoms with Crippen molar-refractivity contribution in [3.8, 4) is 0 Å². The third-order valence-electron chi connectivity index (χ3n) is 3.29. The van der Waals surface area contributed by atoms with Crippen LogP contribution in [0.25, 0.3) is 0 Å². The number of carbonyl (C=O) groups excluding carboxylic acids is 1. The van der Waals surface area contributed by atoms with Gasteiger partial charge in [0.1, 0.15) is 6.54 Å². The number of hydrogen-bond donors (Lipinski definition) is 3. The largest absolute Gasteiger partial charge is 0.357 e. The van der Waals surface area contributed by atoms with Crippen LogP contribution in [0.5, 0.6) is 0 Å². The number of nitrogens with zero attached hydrogens (tertiary/aromatic N) is 1. The fourth-order valence-corrected chi connectivity index (χ4v) is 2.59. The van der Waals surface area contributed by atoms with Crippen LogP contribution >= 0.6 is 11.8 Å². The molecule has 0 spiro atoms. The van der Waals surface area contributed by atoms with Gasteiger partial charge < -0.3 is 16.0 Å². The Labute approximate surface area is 126 Å². The lowest BCUT2D eigenvalue weighted by Gasteiger charge is -2.22. The molecule has 3 N–H and O–H groups in total. The van der Waals surface area contributed by atoms with Crippen molar-refractivity contribution in [3.63, 3.8) is 0 Å². The molecule has 0 unspecified atom stereocenters. The van der Waals surface area contributed by atoms with Crippen LogP contribution in [-0.2, 0) is 4.79 Å². The van der Waals surface area contributed by atoms with Gasteiger partial charge in [0, 0.05) is 24.9 Å². The first-order valence-corrected chi connectivity index (χ1v) is 8.96. The van der Waals surface area contributed by atoms with Crippen molar-refractivity contribution >= 4 is 23.6 Å². The highest BCUT2D eigenvalue weighted by Gasteiger charge is 2.15. The maximum absolute atomic E-state index is 11.9. The Morgan fingerprint density at radius 3 is 2.65 bits per heavy atom. The van der Waals surface area contributed by atoms with E-state index in [0.29, 0.717) is 6.04 Å². The van der Waals surface area contributed by atoms with E-state index in [2.05, 4.69) is 27.2 Å². The van der Waals surface area contributed by atoms with E-state index in [4.69, 9.17) is 0 Å². The molecule has 1 fully saturated rings. The van der Waals surface area contributed by atoms with Gasteiger partial charge in [-0.25, -0.2) is 4.99 Å². The Kier molecular flexibility index (Phi) is 9.28. The molecule has 0 aromatic rings. The summed E-state index contributed by atoms with van der Waals surface area (Å²) in [6.45, 7) is 3.88. The number of nitrogens with one attached hydrogen (secondary N) is 3. The second-order valence-corrected chi connectivity index (χ2v) is 6.00. The molecule has 0 atom stereocenters. The van der Waals surface area contributed by atoms with Crippen LogP contribution in [0.2, 0.25) is 0 Å². The van der Waals surface area contributed by atoms with Gasteiger partial charge in [-0.2, -0.15) is 11.8 Å². The molecular weight excluding hydrogens is 272 g/mol. The summed E-state index contributed by atoms with van der Waals surface area (Å²) in [5.74, 6) is 1.78. The Bertz CT molecular complexity index is 304. The Morgan fingerprint density at radius 2 is 2.00 bits per heavy atom. The van der Waals surface area contributed by atoms with Gasteiger partial charge in [0.2, 0.25) is 5.91 Å². The molecule has 0 aromatic heterocycles. The Hall–Kier alpha value is -0.910. The molecule has 0 saturated heterocycles. The molecule has 1 aliphatic rings. The zero-order valence-electron chi connectivity index (χ0n) is 12.7. The van der Waals surface area contributed by atoms with Gasteiger partial charge in [0.15, 0.2) is 5.96 Å². The van der Waals surface area contributed by atoms with E-state index in [1.165, 1.54) is 19.3 Å². The highest BCUT2D eigenvalue weighted by molar-refractivity contribution is 7.98.